The van der Waals surface area contributed by atoms with Gasteiger partial charge in [0.2, 0.25) is 5.91 Å². The lowest BCUT2D eigenvalue weighted by atomic mass is 10.1. The zero-order valence-electron chi connectivity index (χ0n) is 15.1. The molecule has 0 aliphatic heterocycles. The van der Waals surface area contributed by atoms with E-state index in [0.717, 1.165) is 11.6 Å². The Labute approximate surface area is 161 Å². The van der Waals surface area contributed by atoms with Crippen molar-refractivity contribution in [2.75, 3.05) is 11.9 Å². The molecule has 2 aromatic rings. The average Bonchev–Trinajstić information content (AvgIpc) is 2.63. The van der Waals surface area contributed by atoms with Crippen LogP contribution in [0.4, 0.5) is 5.69 Å². The van der Waals surface area contributed by atoms with Crippen molar-refractivity contribution in [1.82, 2.24) is 5.32 Å². The summed E-state index contributed by atoms with van der Waals surface area (Å²) >= 11 is 0. The molecule has 0 saturated carbocycles. The van der Waals surface area contributed by atoms with E-state index in [0.29, 0.717) is 18.5 Å². The summed E-state index contributed by atoms with van der Waals surface area (Å²) < 4.78 is 0. The van der Waals surface area contributed by atoms with E-state index in [1.165, 1.54) is 12.1 Å². The number of aliphatic carboxylic acids is 1. The summed E-state index contributed by atoms with van der Waals surface area (Å²) in [6.45, 7) is 0.251. The number of rotatable bonds is 9. The van der Waals surface area contributed by atoms with Crippen molar-refractivity contribution < 1.29 is 29.7 Å². The zero-order chi connectivity index (χ0) is 20.5. The molecule has 0 bridgehead atoms. The third kappa shape index (κ3) is 6.99. The number of carbonyl (C=O) groups is 3. The second-order valence-corrected chi connectivity index (χ2v) is 6.24. The number of hydrogen-bond acceptors (Lipinski definition) is 5. The van der Waals surface area contributed by atoms with E-state index < -0.39 is 11.9 Å². The van der Waals surface area contributed by atoms with Gasteiger partial charge >= 0.3 is 5.97 Å². The van der Waals surface area contributed by atoms with Crippen LogP contribution in [-0.4, -0.2) is 39.6 Å². The Morgan fingerprint density at radius 3 is 2.32 bits per heavy atom. The summed E-state index contributed by atoms with van der Waals surface area (Å²) in [5.74, 6) is -1.99. The maximum Gasteiger partial charge on any atom is 0.303 e. The van der Waals surface area contributed by atoms with E-state index in [9.17, 15) is 24.6 Å². The van der Waals surface area contributed by atoms with Crippen molar-refractivity contribution in [3.05, 3.63) is 53.6 Å². The Kier molecular flexibility index (Phi) is 7.38. The third-order valence-corrected chi connectivity index (χ3v) is 3.87. The molecule has 148 valence electrons. The number of phenols is 2. The van der Waals surface area contributed by atoms with Gasteiger partial charge in [-0.05, 0) is 42.7 Å². The maximum absolute atomic E-state index is 12.0. The Morgan fingerprint density at radius 1 is 0.929 bits per heavy atom. The topological polar surface area (TPSA) is 136 Å². The highest BCUT2D eigenvalue weighted by molar-refractivity contribution is 5.95. The van der Waals surface area contributed by atoms with Crippen LogP contribution in [0, 0.1) is 0 Å². The summed E-state index contributed by atoms with van der Waals surface area (Å²) in [5, 5.41) is 32.8. The molecule has 0 saturated heterocycles. The van der Waals surface area contributed by atoms with Gasteiger partial charge in [-0.2, -0.15) is 0 Å². The number of anilines is 1. The number of carbonyl (C=O) groups excluding carboxylic acids is 2. The first-order chi connectivity index (χ1) is 13.3. The van der Waals surface area contributed by atoms with Crippen molar-refractivity contribution in [2.45, 2.75) is 25.7 Å². The van der Waals surface area contributed by atoms with Crippen molar-refractivity contribution in [1.29, 1.82) is 0 Å². The van der Waals surface area contributed by atoms with Crippen LogP contribution in [0.2, 0.25) is 0 Å². The van der Waals surface area contributed by atoms with Gasteiger partial charge in [0.1, 0.15) is 11.5 Å². The molecule has 2 rings (SSSR count). The molecule has 0 aliphatic carbocycles. The molecule has 0 spiro atoms. The minimum atomic E-state index is -0.877. The van der Waals surface area contributed by atoms with Gasteiger partial charge in [0.25, 0.3) is 5.91 Å². The molecule has 28 heavy (non-hydrogen) atoms. The van der Waals surface area contributed by atoms with Crippen molar-refractivity contribution >= 4 is 23.5 Å². The van der Waals surface area contributed by atoms with Gasteiger partial charge in [-0.3, -0.25) is 14.4 Å². The minimum Gasteiger partial charge on any atom is -0.508 e. The molecule has 0 unspecified atom stereocenters. The standard InChI is InChI=1S/C20H22N2O6/c23-16-10-14(11-17(24)12-16)20(28)21-8-2-5-18(25)22-15-4-1-3-13(9-15)6-7-19(26)27/h1,3-4,9-12,23-24H,2,5-8H2,(H,21,28)(H,22,25)(H,26,27). The zero-order valence-corrected chi connectivity index (χ0v) is 15.1. The first-order valence-electron chi connectivity index (χ1n) is 8.75. The molecule has 2 aromatic carbocycles. The Hall–Kier alpha value is -3.55. The van der Waals surface area contributed by atoms with Crippen LogP contribution in [-0.2, 0) is 16.0 Å². The Balaban J connectivity index is 1.74. The molecule has 0 aromatic heterocycles. The second kappa shape index (κ2) is 9.96. The van der Waals surface area contributed by atoms with E-state index in [2.05, 4.69) is 10.6 Å². The fourth-order valence-electron chi connectivity index (χ4n) is 2.56. The minimum absolute atomic E-state index is 0.0219. The number of carboxylic acid groups (broad SMARTS) is 1. The molecule has 0 heterocycles. The van der Waals surface area contributed by atoms with Gasteiger partial charge in [0.05, 0.1) is 0 Å². The largest absolute Gasteiger partial charge is 0.508 e. The van der Waals surface area contributed by atoms with E-state index in [-0.39, 0.29) is 42.4 Å². The summed E-state index contributed by atoms with van der Waals surface area (Å²) in [7, 11) is 0. The smallest absolute Gasteiger partial charge is 0.303 e. The molecule has 5 N–H and O–H groups in total. The van der Waals surface area contributed by atoms with Crippen LogP contribution >= 0.6 is 0 Å². The van der Waals surface area contributed by atoms with Gasteiger partial charge in [0.15, 0.2) is 0 Å². The number of carboxylic acids is 1. The summed E-state index contributed by atoms with van der Waals surface area (Å²) in [5.41, 5.74) is 1.54. The van der Waals surface area contributed by atoms with E-state index in [4.69, 9.17) is 5.11 Å². The number of nitrogens with one attached hydrogen (secondary N) is 2. The van der Waals surface area contributed by atoms with Crippen molar-refractivity contribution in [3.63, 3.8) is 0 Å². The molecular weight excluding hydrogens is 364 g/mol. The van der Waals surface area contributed by atoms with Gasteiger partial charge < -0.3 is 26.0 Å². The molecule has 0 fully saturated rings. The highest BCUT2D eigenvalue weighted by atomic mass is 16.4. The quantitative estimate of drug-likeness (QED) is 0.420. The number of benzene rings is 2. The van der Waals surface area contributed by atoms with Crippen LogP contribution in [0.25, 0.3) is 0 Å². The first-order valence-corrected chi connectivity index (χ1v) is 8.75. The monoisotopic (exact) mass is 386 g/mol. The fourth-order valence-corrected chi connectivity index (χ4v) is 2.56. The van der Waals surface area contributed by atoms with Gasteiger partial charge in [-0.1, -0.05) is 12.1 Å². The maximum atomic E-state index is 12.0. The lowest BCUT2D eigenvalue weighted by Crippen LogP contribution is -2.25. The lowest BCUT2D eigenvalue weighted by Gasteiger charge is -2.08. The number of aromatic hydroxyl groups is 2. The SMILES string of the molecule is O=C(O)CCc1cccc(NC(=O)CCCNC(=O)c2cc(O)cc(O)c2)c1. The molecule has 8 heteroatoms. The molecule has 0 radical (unpaired) electrons. The third-order valence-electron chi connectivity index (χ3n) is 3.87. The van der Waals surface area contributed by atoms with Gasteiger partial charge in [-0.25, -0.2) is 0 Å². The average molecular weight is 386 g/mol. The first kappa shape index (κ1) is 20.8. The summed E-state index contributed by atoms with van der Waals surface area (Å²) in [6.07, 6.45) is 0.996. The predicted molar refractivity (Wildman–Crippen MR) is 102 cm³/mol. The highest BCUT2D eigenvalue weighted by Crippen LogP contribution is 2.20. The lowest BCUT2D eigenvalue weighted by molar-refractivity contribution is -0.137. The van der Waals surface area contributed by atoms with E-state index in [1.807, 2.05) is 0 Å². The van der Waals surface area contributed by atoms with Crippen LogP contribution in [0.15, 0.2) is 42.5 Å². The van der Waals surface area contributed by atoms with Crippen LogP contribution in [0.1, 0.15) is 35.2 Å². The van der Waals surface area contributed by atoms with Crippen molar-refractivity contribution in [2.24, 2.45) is 0 Å². The number of hydrogen-bond donors (Lipinski definition) is 5. The second-order valence-electron chi connectivity index (χ2n) is 6.24. The fraction of sp³-hybridized carbons (Fsp3) is 0.250. The number of aryl methyl sites for hydroxylation is 1. The molecule has 0 atom stereocenters. The van der Waals surface area contributed by atoms with Gasteiger partial charge in [-0.15, -0.1) is 0 Å². The van der Waals surface area contributed by atoms with Crippen LogP contribution < -0.4 is 10.6 Å². The van der Waals surface area contributed by atoms with Crippen LogP contribution in [0.3, 0.4) is 0 Å². The normalized spacial score (nSPS) is 10.3. The predicted octanol–water partition coefficient (Wildman–Crippen LogP) is 2.26. The number of phenolic OH excluding ortho intramolecular Hbond substituents is 2. The molecule has 0 aliphatic rings. The van der Waals surface area contributed by atoms with Gasteiger partial charge in [0, 0.05) is 36.7 Å². The Bertz CT molecular complexity index is 845. The molecule has 8 nitrogen and oxygen atoms in total. The van der Waals surface area contributed by atoms with Crippen LogP contribution in [0.5, 0.6) is 11.5 Å². The van der Waals surface area contributed by atoms with Crippen molar-refractivity contribution in [3.8, 4) is 11.5 Å². The summed E-state index contributed by atoms with van der Waals surface area (Å²) in [6, 6.07) is 10.6. The Morgan fingerprint density at radius 2 is 1.64 bits per heavy atom. The highest BCUT2D eigenvalue weighted by Gasteiger charge is 2.09. The number of amides is 2. The molecule has 2 amide bonds. The van der Waals surface area contributed by atoms with E-state index in [1.54, 1.807) is 24.3 Å². The van der Waals surface area contributed by atoms with E-state index >= 15 is 0 Å². The summed E-state index contributed by atoms with van der Waals surface area (Å²) in [4.78, 5) is 34.6. The molecular formula is C20H22N2O6.